The molecule has 8 heteroatoms. The van der Waals surface area contributed by atoms with Crippen LogP contribution in [0.15, 0.2) is 65.3 Å². The number of methoxy groups -OCH3 is 1. The summed E-state index contributed by atoms with van der Waals surface area (Å²) < 4.78 is 36.3. The van der Waals surface area contributed by atoms with Gasteiger partial charge >= 0.3 is 5.97 Å². The molecule has 0 aromatic heterocycles. The summed E-state index contributed by atoms with van der Waals surface area (Å²) in [5.74, 6) is -0.699. The molecule has 0 fully saturated rings. The molecule has 2 aromatic carbocycles. The minimum absolute atomic E-state index is 0.0113. The zero-order valence-electron chi connectivity index (χ0n) is 19.1. The molecule has 34 heavy (non-hydrogen) atoms. The molecule has 0 saturated heterocycles. The predicted molar refractivity (Wildman–Crippen MR) is 121 cm³/mol. The summed E-state index contributed by atoms with van der Waals surface area (Å²) in [4.78, 5) is 25.5. The lowest BCUT2D eigenvalue weighted by atomic mass is 9.77. The number of ether oxygens (including phenoxy) is 4. The van der Waals surface area contributed by atoms with E-state index in [1.807, 2.05) is 6.92 Å². The van der Waals surface area contributed by atoms with Crippen LogP contribution < -0.4 is 15.2 Å². The quantitative estimate of drug-likeness (QED) is 0.608. The van der Waals surface area contributed by atoms with Gasteiger partial charge in [0.2, 0.25) is 5.88 Å². The van der Waals surface area contributed by atoms with E-state index >= 15 is 0 Å². The minimum Gasteiger partial charge on any atom is -0.490 e. The molecule has 0 radical (unpaired) electrons. The number of carbonyl (C=O) groups excluding carboxylic acids is 2. The highest BCUT2D eigenvalue weighted by atomic mass is 19.1. The van der Waals surface area contributed by atoms with Crippen LogP contribution in [0.5, 0.6) is 11.5 Å². The van der Waals surface area contributed by atoms with Crippen molar-refractivity contribution in [2.24, 2.45) is 5.73 Å². The highest BCUT2D eigenvalue weighted by Gasteiger charge is 2.41. The summed E-state index contributed by atoms with van der Waals surface area (Å²) in [5.41, 5.74) is 7.60. The van der Waals surface area contributed by atoms with Crippen LogP contribution >= 0.6 is 0 Å². The molecule has 2 aromatic rings. The van der Waals surface area contributed by atoms with E-state index in [1.54, 1.807) is 36.4 Å². The fourth-order valence-electron chi connectivity index (χ4n) is 4.26. The van der Waals surface area contributed by atoms with Crippen molar-refractivity contribution in [3.63, 3.8) is 0 Å². The number of ketones is 1. The van der Waals surface area contributed by atoms with Gasteiger partial charge in [-0.2, -0.15) is 0 Å². The number of nitrogens with two attached hydrogens (primary N) is 1. The van der Waals surface area contributed by atoms with Gasteiger partial charge in [-0.05, 0) is 37.1 Å². The van der Waals surface area contributed by atoms with Gasteiger partial charge in [0, 0.05) is 24.0 Å². The Bertz CT molecular complexity index is 1190. The molecule has 4 rings (SSSR count). The number of Topliss-reactive ketones (excluding diaryl/α,β-unsaturated/α-hetero) is 1. The third-order valence-corrected chi connectivity index (χ3v) is 5.83. The van der Waals surface area contributed by atoms with Gasteiger partial charge < -0.3 is 24.7 Å². The van der Waals surface area contributed by atoms with Gasteiger partial charge in [0.05, 0.1) is 19.6 Å². The van der Waals surface area contributed by atoms with Crippen LogP contribution in [0, 0.1) is 5.82 Å². The number of esters is 1. The largest absolute Gasteiger partial charge is 0.490 e. The van der Waals surface area contributed by atoms with E-state index in [4.69, 9.17) is 24.7 Å². The van der Waals surface area contributed by atoms with E-state index in [9.17, 15) is 14.0 Å². The zero-order valence-corrected chi connectivity index (χ0v) is 19.1. The Morgan fingerprint density at radius 1 is 1.15 bits per heavy atom. The van der Waals surface area contributed by atoms with Crippen molar-refractivity contribution in [3.05, 3.63) is 82.2 Å². The van der Waals surface area contributed by atoms with Gasteiger partial charge in [0.25, 0.3) is 0 Å². The number of rotatable bonds is 7. The Balaban J connectivity index is 1.74. The monoisotopic (exact) mass is 467 g/mol. The first-order valence-corrected chi connectivity index (χ1v) is 11.1. The standard InChI is InChI=1S/C26H26FNO6/c1-3-32-21-13-15(11-12-19(21)33-14-16-7-4-5-8-17(16)27)22-23-18(29)9-6-10-20(23)34-25(28)24(22)26(30)31-2/h4-5,7-8,11-13,22H,3,6,9-10,14,28H2,1-2H3/t22-/m1/s1. The normalized spacial score (nSPS) is 17.7. The van der Waals surface area contributed by atoms with Crippen molar-refractivity contribution in [1.29, 1.82) is 0 Å². The minimum atomic E-state index is -0.760. The second kappa shape index (κ2) is 9.99. The Morgan fingerprint density at radius 3 is 2.68 bits per heavy atom. The van der Waals surface area contributed by atoms with Gasteiger partial charge in [-0.1, -0.05) is 24.3 Å². The summed E-state index contributed by atoms with van der Waals surface area (Å²) >= 11 is 0. The lowest BCUT2D eigenvalue weighted by Gasteiger charge is -2.32. The third kappa shape index (κ3) is 4.48. The van der Waals surface area contributed by atoms with Crippen molar-refractivity contribution in [2.75, 3.05) is 13.7 Å². The Hall–Kier alpha value is -3.81. The van der Waals surface area contributed by atoms with E-state index in [0.29, 0.717) is 59.8 Å². The Morgan fingerprint density at radius 2 is 1.94 bits per heavy atom. The molecule has 1 atom stereocenters. The number of halogens is 1. The number of hydrogen-bond donors (Lipinski definition) is 1. The van der Waals surface area contributed by atoms with Crippen LogP contribution in [-0.4, -0.2) is 25.5 Å². The highest BCUT2D eigenvalue weighted by Crippen LogP contribution is 2.45. The van der Waals surface area contributed by atoms with Crippen LogP contribution in [-0.2, 0) is 25.7 Å². The van der Waals surface area contributed by atoms with Crippen molar-refractivity contribution in [1.82, 2.24) is 0 Å². The molecule has 1 aliphatic heterocycles. The maximum Gasteiger partial charge on any atom is 0.340 e. The first kappa shape index (κ1) is 23.4. The molecule has 2 N–H and O–H groups in total. The number of hydrogen-bond acceptors (Lipinski definition) is 7. The first-order chi connectivity index (χ1) is 16.4. The Labute approximate surface area is 196 Å². The summed E-state index contributed by atoms with van der Waals surface area (Å²) in [5, 5.41) is 0. The Kier molecular flexibility index (Phi) is 6.86. The molecule has 1 aliphatic carbocycles. The van der Waals surface area contributed by atoms with E-state index < -0.39 is 11.9 Å². The SMILES string of the molecule is CCOc1cc([C@H]2C(C(=O)OC)=C(N)OC3=C2C(=O)CCC3)ccc1OCc1ccccc1F. The summed E-state index contributed by atoms with van der Waals surface area (Å²) in [6.45, 7) is 2.18. The van der Waals surface area contributed by atoms with E-state index in [1.165, 1.54) is 13.2 Å². The molecule has 0 unspecified atom stereocenters. The van der Waals surface area contributed by atoms with Crippen LogP contribution in [0.25, 0.3) is 0 Å². The van der Waals surface area contributed by atoms with Crippen LogP contribution in [0.2, 0.25) is 0 Å². The molecule has 7 nitrogen and oxygen atoms in total. The van der Waals surface area contributed by atoms with E-state index in [-0.39, 0.29) is 29.7 Å². The van der Waals surface area contributed by atoms with Crippen molar-refractivity contribution < 1.29 is 32.9 Å². The summed E-state index contributed by atoms with van der Waals surface area (Å²) in [6.07, 6.45) is 1.56. The molecular formula is C26H26FNO6. The topological polar surface area (TPSA) is 97.1 Å². The van der Waals surface area contributed by atoms with Gasteiger partial charge in [-0.15, -0.1) is 0 Å². The average molecular weight is 467 g/mol. The maximum absolute atomic E-state index is 14.0. The number of carbonyl (C=O) groups is 2. The fraction of sp³-hybridized carbons (Fsp3) is 0.308. The van der Waals surface area contributed by atoms with E-state index in [2.05, 4.69) is 0 Å². The smallest absolute Gasteiger partial charge is 0.340 e. The molecule has 2 aliphatic rings. The molecule has 0 amide bonds. The predicted octanol–water partition coefficient (Wildman–Crippen LogP) is 4.27. The van der Waals surface area contributed by atoms with E-state index in [0.717, 1.165) is 0 Å². The lowest BCUT2D eigenvalue weighted by Crippen LogP contribution is -2.31. The highest BCUT2D eigenvalue weighted by molar-refractivity contribution is 6.03. The fourth-order valence-corrected chi connectivity index (χ4v) is 4.26. The lowest BCUT2D eigenvalue weighted by molar-refractivity contribution is -0.136. The molecule has 178 valence electrons. The van der Waals surface area contributed by atoms with Crippen LogP contribution in [0.1, 0.15) is 43.2 Å². The average Bonchev–Trinajstić information content (AvgIpc) is 2.83. The van der Waals surface area contributed by atoms with Crippen molar-refractivity contribution in [2.45, 2.75) is 38.7 Å². The molecule has 0 saturated carbocycles. The van der Waals surface area contributed by atoms with Crippen molar-refractivity contribution >= 4 is 11.8 Å². The first-order valence-electron chi connectivity index (χ1n) is 11.1. The van der Waals surface area contributed by atoms with Gasteiger partial charge in [0.15, 0.2) is 17.3 Å². The third-order valence-electron chi connectivity index (χ3n) is 5.83. The molecule has 0 spiro atoms. The molecule has 0 bridgehead atoms. The van der Waals surface area contributed by atoms with Crippen LogP contribution in [0.4, 0.5) is 4.39 Å². The maximum atomic E-state index is 14.0. The summed E-state index contributed by atoms with van der Waals surface area (Å²) in [7, 11) is 1.25. The van der Waals surface area contributed by atoms with Gasteiger partial charge in [-0.25, -0.2) is 9.18 Å². The second-order valence-corrected chi connectivity index (χ2v) is 7.94. The van der Waals surface area contributed by atoms with Gasteiger partial charge in [-0.3, -0.25) is 4.79 Å². The van der Waals surface area contributed by atoms with Crippen LogP contribution in [0.3, 0.4) is 0 Å². The van der Waals surface area contributed by atoms with Crippen molar-refractivity contribution in [3.8, 4) is 11.5 Å². The number of allylic oxidation sites excluding steroid dienone is 2. The molecule has 1 heterocycles. The summed E-state index contributed by atoms with van der Waals surface area (Å²) in [6, 6.07) is 11.5. The van der Waals surface area contributed by atoms with Gasteiger partial charge in [0.1, 0.15) is 23.8 Å². The number of benzene rings is 2. The molecular weight excluding hydrogens is 441 g/mol. The zero-order chi connectivity index (χ0) is 24.2. The second-order valence-electron chi connectivity index (χ2n) is 7.94.